The summed E-state index contributed by atoms with van der Waals surface area (Å²) in [4.78, 5) is 0. The lowest BCUT2D eigenvalue weighted by Crippen LogP contribution is -2.18. The second-order valence-electron chi connectivity index (χ2n) is 2.53. The first-order valence-electron chi connectivity index (χ1n) is 2.96. The van der Waals surface area contributed by atoms with E-state index in [2.05, 4.69) is 30.9 Å². The third-order valence-electron chi connectivity index (χ3n) is 1.24. The zero-order valence-corrected chi connectivity index (χ0v) is 6.57. The standard InChI is InChI=1S/C7H11NS/c1-6-5-7(2,9)3-4-8-6/h3-5,8-9H,1-2H3. The van der Waals surface area contributed by atoms with Crippen LogP contribution in [0.3, 0.4) is 0 Å². The monoisotopic (exact) mass is 141 g/mol. The fraction of sp³-hybridized carbons (Fsp3) is 0.429. The van der Waals surface area contributed by atoms with Gasteiger partial charge in [-0.1, -0.05) is 0 Å². The number of nitrogens with one attached hydrogen (secondary N) is 1. The van der Waals surface area contributed by atoms with Crippen molar-refractivity contribution in [3.63, 3.8) is 0 Å². The summed E-state index contributed by atoms with van der Waals surface area (Å²) in [6, 6.07) is 0. The molecule has 0 aromatic rings. The zero-order chi connectivity index (χ0) is 6.91. The van der Waals surface area contributed by atoms with E-state index in [1.54, 1.807) is 0 Å². The van der Waals surface area contributed by atoms with E-state index in [9.17, 15) is 0 Å². The van der Waals surface area contributed by atoms with Crippen LogP contribution in [-0.4, -0.2) is 4.75 Å². The van der Waals surface area contributed by atoms with Crippen molar-refractivity contribution < 1.29 is 0 Å². The summed E-state index contributed by atoms with van der Waals surface area (Å²) < 4.78 is -0.0602. The summed E-state index contributed by atoms with van der Waals surface area (Å²) in [5.74, 6) is 0. The maximum absolute atomic E-state index is 4.37. The molecule has 2 heteroatoms. The first kappa shape index (κ1) is 6.75. The van der Waals surface area contributed by atoms with Crippen LogP contribution in [-0.2, 0) is 0 Å². The number of hydrogen-bond donors (Lipinski definition) is 2. The predicted molar refractivity (Wildman–Crippen MR) is 43.4 cm³/mol. The Labute approximate surface area is 61.2 Å². The molecule has 1 nitrogen and oxygen atoms in total. The van der Waals surface area contributed by atoms with E-state index in [0.29, 0.717) is 0 Å². The molecule has 0 aromatic carbocycles. The third kappa shape index (κ3) is 1.79. The van der Waals surface area contributed by atoms with Crippen molar-refractivity contribution in [3.8, 4) is 0 Å². The van der Waals surface area contributed by atoms with Crippen molar-refractivity contribution in [2.75, 3.05) is 0 Å². The lowest BCUT2D eigenvalue weighted by molar-refractivity contribution is 0.900. The van der Waals surface area contributed by atoms with Crippen molar-refractivity contribution >= 4 is 12.6 Å². The van der Waals surface area contributed by atoms with Crippen LogP contribution in [0.25, 0.3) is 0 Å². The fourth-order valence-electron chi connectivity index (χ4n) is 0.870. The molecule has 1 heterocycles. The van der Waals surface area contributed by atoms with Crippen LogP contribution < -0.4 is 5.32 Å². The summed E-state index contributed by atoms with van der Waals surface area (Å²) in [5.41, 5.74) is 1.16. The molecule has 1 aliphatic heterocycles. The van der Waals surface area contributed by atoms with Crippen molar-refractivity contribution in [2.45, 2.75) is 18.6 Å². The number of hydrogen-bond acceptors (Lipinski definition) is 2. The molecule has 0 fully saturated rings. The van der Waals surface area contributed by atoms with Gasteiger partial charge < -0.3 is 5.32 Å². The van der Waals surface area contributed by atoms with Gasteiger partial charge in [0.1, 0.15) is 0 Å². The predicted octanol–water partition coefficient (Wildman–Crippen LogP) is 1.70. The Kier molecular flexibility index (Phi) is 1.58. The molecule has 0 saturated heterocycles. The van der Waals surface area contributed by atoms with Gasteiger partial charge in [-0.3, -0.25) is 0 Å². The molecule has 0 radical (unpaired) electrons. The Balaban J connectivity index is 2.78. The maximum Gasteiger partial charge on any atom is 0.0496 e. The molecule has 1 rings (SSSR count). The minimum atomic E-state index is -0.0602. The number of thiol groups is 1. The van der Waals surface area contributed by atoms with Crippen molar-refractivity contribution in [2.24, 2.45) is 0 Å². The van der Waals surface area contributed by atoms with Gasteiger partial charge in [-0.15, -0.1) is 0 Å². The van der Waals surface area contributed by atoms with Crippen molar-refractivity contribution in [1.29, 1.82) is 0 Å². The van der Waals surface area contributed by atoms with Crippen LogP contribution in [0, 0.1) is 0 Å². The summed E-state index contributed by atoms with van der Waals surface area (Å²) >= 11 is 4.37. The molecule has 0 saturated carbocycles. The topological polar surface area (TPSA) is 12.0 Å². The van der Waals surface area contributed by atoms with Gasteiger partial charge in [0.2, 0.25) is 0 Å². The number of allylic oxidation sites excluding steroid dienone is 1. The summed E-state index contributed by atoms with van der Waals surface area (Å²) in [7, 11) is 0. The lowest BCUT2D eigenvalue weighted by Gasteiger charge is -2.19. The first-order valence-corrected chi connectivity index (χ1v) is 3.41. The molecule has 1 N–H and O–H groups in total. The van der Waals surface area contributed by atoms with Gasteiger partial charge in [0.05, 0.1) is 0 Å². The van der Waals surface area contributed by atoms with Crippen LogP contribution in [0.1, 0.15) is 13.8 Å². The van der Waals surface area contributed by atoms with E-state index in [0.717, 1.165) is 5.70 Å². The highest BCUT2D eigenvalue weighted by Crippen LogP contribution is 2.20. The van der Waals surface area contributed by atoms with Gasteiger partial charge >= 0.3 is 0 Å². The van der Waals surface area contributed by atoms with Gasteiger partial charge in [0.25, 0.3) is 0 Å². The Bertz CT molecular complexity index is 168. The van der Waals surface area contributed by atoms with Crippen LogP contribution in [0.5, 0.6) is 0 Å². The van der Waals surface area contributed by atoms with E-state index in [1.807, 2.05) is 19.2 Å². The van der Waals surface area contributed by atoms with Gasteiger partial charge in [-0.2, -0.15) is 12.6 Å². The Morgan fingerprint density at radius 1 is 1.67 bits per heavy atom. The van der Waals surface area contributed by atoms with Crippen molar-refractivity contribution in [1.82, 2.24) is 5.32 Å². The fourth-order valence-corrected chi connectivity index (χ4v) is 1.14. The molecule has 0 aromatic heterocycles. The van der Waals surface area contributed by atoms with Crippen LogP contribution >= 0.6 is 12.6 Å². The lowest BCUT2D eigenvalue weighted by atomic mass is 10.1. The zero-order valence-electron chi connectivity index (χ0n) is 5.68. The van der Waals surface area contributed by atoms with Crippen LogP contribution in [0.15, 0.2) is 24.0 Å². The Morgan fingerprint density at radius 3 is 2.67 bits per heavy atom. The SMILES string of the molecule is CC1=CC(C)(S)C=CN1. The normalized spacial score (nSPS) is 33.4. The summed E-state index contributed by atoms with van der Waals surface area (Å²) in [6.45, 7) is 4.08. The molecule has 0 bridgehead atoms. The maximum atomic E-state index is 4.37. The van der Waals surface area contributed by atoms with Gasteiger partial charge in [-0.05, 0) is 32.2 Å². The number of dihydropyridines is 1. The van der Waals surface area contributed by atoms with Gasteiger partial charge in [0.15, 0.2) is 0 Å². The average molecular weight is 141 g/mol. The molecule has 1 aliphatic rings. The molecule has 0 spiro atoms. The van der Waals surface area contributed by atoms with Gasteiger partial charge in [-0.25, -0.2) is 0 Å². The smallest absolute Gasteiger partial charge is 0.0496 e. The second-order valence-corrected chi connectivity index (χ2v) is 3.49. The van der Waals surface area contributed by atoms with E-state index in [1.165, 1.54) is 0 Å². The van der Waals surface area contributed by atoms with E-state index < -0.39 is 0 Å². The average Bonchev–Trinajstić information content (AvgIpc) is 1.60. The molecule has 0 aliphatic carbocycles. The van der Waals surface area contributed by atoms with Gasteiger partial charge in [0, 0.05) is 10.4 Å². The molecule has 0 amide bonds. The van der Waals surface area contributed by atoms with Crippen LogP contribution in [0.2, 0.25) is 0 Å². The van der Waals surface area contributed by atoms with E-state index >= 15 is 0 Å². The largest absolute Gasteiger partial charge is 0.366 e. The Hall–Kier alpha value is -0.370. The summed E-state index contributed by atoms with van der Waals surface area (Å²) in [5, 5.41) is 3.07. The third-order valence-corrected chi connectivity index (χ3v) is 1.52. The quantitative estimate of drug-likeness (QED) is 0.489. The molecule has 50 valence electrons. The molecule has 1 atom stereocenters. The number of rotatable bonds is 0. The highest BCUT2D eigenvalue weighted by molar-refractivity contribution is 7.82. The first-order chi connectivity index (χ1) is 4.10. The minimum absolute atomic E-state index is 0.0602. The highest BCUT2D eigenvalue weighted by Gasteiger charge is 2.13. The van der Waals surface area contributed by atoms with E-state index in [4.69, 9.17) is 0 Å². The van der Waals surface area contributed by atoms with Crippen molar-refractivity contribution in [3.05, 3.63) is 24.0 Å². The second kappa shape index (κ2) is 2.10. The minimum Gasteiger partial charge on any atom is -0.366 e. The molecule has 1 unspecified atom stereocenters. The van der Waals surface area contributed by atoms with Crippen LogP contribution in [0.4, 0.5) is 0 Å². The molecule has 9 heavy (non-hydrogen) atoms. The van der Waals surface area contributed by atoms with E-state index in [-0.39, 0.29) is 4.75 Å². The summed E-state index contributed by atoms with van der Waals surface area (Å²) in [6.07, 6.45) is 6.02. The molecular weight excluding hydrogens is 130 g/mol. The highest BCUT2D eigenvalue weighted by atomic mass is 32.1. The Morgan fingerprint density at radius 2 is 2.33 bits per heavy atom. The molecular formula is C7H11NS.